The molecule has 1 aliphatic carbocycles. The van der Waals surface area contributed by atoms with E-state index in [1.165, 1.54) is 0 Å². The fourth-order valence-electron chi connectivity index (χ4n) is 1.70. The third kappa shape index (κ3) is 2.82. The Morgan fingerprint density at radius 3 is 2.63 bits per heavy atom. The Labute approximate surface area is 116 Å². The van der Waals surface area contributed by atoms with Gasteiger partial charge in [-0.1, -0.05) is 21.1 Å². The first-order chi connectivity index (χ1) is 9.13. The minimum Gasteiger partial charge on any atom is -0.334 e. The third-order valence-corrected chi connectivity index (χ3v) is 3.27. The molecule has 0 spiro atoms. The number of rotatable bonds is 4. The fraction of sp³-hybridized carbons (Fsp3) is 0.333. The van der Waals surface area contributed by atoms with Gasteiger partial charge in [0.05, 0.1) is 6.54 Å². The zero-order chi connectivity index (χ0) is 13.4. The molecule has 1 saturated carbocycles. The van der Waals surface area contributed by atoms with E-state index in [-0.39, 0.29) is 11.5 Å². The molecule has 3 rings (SSSR count). The van der Waals surface area contributed by atoms with Crippen molar-refractivity contribution in [3.63, 3.8) is 0 Å². The highest BCUT2D eigenvalue weighted by Gasteiger charge is 2.22. The molecule has 0 unspecified atom stereocenters. The summed E-state index contributed by atoms with van der Waals surface area (Å²) in [4.78, 5) is 4.00. The fourth-order valence-corrected chi connectivity index (χ4v) is 2.10. The van der Waals surface area contributed by atoms with Gasteiger partial charge in [0.2, 0.25) is 0 Å². The van der Waals surface area contributed by atoms with Crippen LogP contribution in [0.2, 0.25) is 0 Å². The molecule has 0 atom stereocenters. The van der Waals surface area contributed by atoms with E-state index in [4.69, 9.17) is 4.52 Å². The lowest BCUT2D eigenvalue weighted by Gasteiger charge is -2.00. The number of nitrogens with one attached hydrogen (secondary N) is 1. The highest BCUT2D eigenvalue weighted by atomic mass is 79.9. The summed E-state index contributed by atoms with van der Waals surface area (Å²) < 4.78 is 32.7. The largest absolute Gasteiger partial charge is 0.334 e. The smallest absolute Gasteiger partial charge is 0.263 e. The van der Waals surface area contributed by atoms with Crippen LogP contribution in [0.15, 0.2) is 21.1 Å². The summed E-state index contributed by atoms with van der Waals surface area (Å²) >= 11 is 3.02. The SMILES string of the molecule is Fc1cc(Br)cc(F)c1-c1nc(CNC2CC2)no1. The molecule has 0 radical (unpaired) electrons. The van der Waals surface area contributed by atoms with Crippen LogP contribution in [-0.4, -0.2) is 16.2 Å². The van der Waals surface area contributed by atoms with Crippen molar-refractivity contribution in [3.8, 4) is 11.5 Å². The van der Waals surface area contributed by atoms with Gasteiger partial charge in [-0.2, -0.15) is 4.98 Å². The van der Waals surface area contributed by atoms with E-state index < -0.39 is 11.6 Å². The van der Waals surface area contributed by atoms with E-state index in [1.807, 2.05) is 0 Å². The second-order valence-corrected chi connectivity index (χ2v) is 5.33. The van der Waals surface area contributed by atoms with E-state index in [0.29, 0.717) is 22.9 Å². The van der Waals surface area contributed by atoms with Gasteiger partial charge in [-0.25, -0.2) is 8.78 Å². The minimum absolute atomic E-state index is 0.143. The number of aromatic nitrogens is 2. The monoisotopic (exact) mass is 329 g/mol. The number of halogens is 3. The summed E-state index contributed by atoms with van der Waals surface area (Å²) in [6.07, 6.45) is 2.28. The molecule has 100 valence electrons. The van der Waals surface area contributed by atoms with Crippen molar-refractivity contribution in [3.05, 3.63) is 34.1 Å². The molecule has 1 aromatic heterocycles. The van der Waals surface area contributed by atoms with Crippen molar-refractivity contribution in [2.45, 2.75) is 25.4 Å². The lowest BCUT2D eigenvalue weighted by atomic mass is 10.2. The first-order valence-electron chi connectivity index (χ1n) is 5.84. The van der Waals surface area contributed by atoms with Gasteiger partial charge < -0.3 is 9.84 Å². The summed E-state index contributed by atoms with van der Waals surface area (Å²) in [5, 5.41) is 6.90. The van der Waals surface area contributed by atoms with Crippen molar-refractivity contribution < 1.29 is 13.3 Å². The molecular weight excluding hydrogens is 320 g/mol. The number of hydrogen-bond acceptors (Lipinski definition) is 4. The molecule has 0 bridgehead atoms. The molecule has 1 aliphatic rings. The van der Waals surface area contributed by atoms with Gasteiger partial charge in [-0.3, -0.25) is 0 Å². The molecule has 1 heterocycles. The predicted molar refractivity (Wildman–Crippen MR) is 67.2 cm³/mol. The molecule has 1 aromatic carbocycles. The van der Waals surface area contributed by atoms with Crippen molar-refractivity contribution in [2.75, 3.05) is 0 Å². The van der Waals surface area contributed by atoms with Gasteiger partial charge in [-0.15, -0.1) is 0 Å². The van der Waals surface area contributed by atoms with Crippen LogP contribution in [0, 0.1) is 11.6 Å². The Hall–Kier alpha value is -1.34. The standard InChI is InChI=1S/C12H10BrF2N3O/c13-6-3-8(14)11(9(15)4-6)12-17-10(18-19-12)5-16-7-1-2-7/h3-4,7,16H,1-2,5H2. The summed E-state index contributed by atoms with van der Waals surface area (Å²) in [6.45, 7) is 0.438. The molecule has 0 saturated heterocycles. The van der Waals surface area contributed by atoms with Crippen molar-refractivity contribution in [1.29, 1.82) is 0 Å². The van der Waals surface area contributed by atoms with Crippen LogP contribution in [0.25, 0.3) is 11.5 Å². The van der Waals surface area contributed by atoms with Crippen LogP contribution in [0.1, 0.15) is 18.7 Å². The van der Waals surface area contributed by atoms with Gasteiger partial charge in [0.25, 0.3) is 5.89 Å². The summed E-state index contributed by atoms with van der Waals surface area (Å²) in [6, 6.07) is 2.82. The number of nitrogens with zero attached hydrogens (tertiary/aromatic N) is 2. The number of hydrogen-bond donors (Lipinski definition) is 1. The maximum absolute atomic E-state index is 13.7. The van der Waals surface area contributed by atoms with Crippen LogP contribution in [0.5, 0.6) is 0 Å². The normalized spacial score (nSPS) is 14.9. The average Bonchev–Trinajstić information content (AvgIpc) is 3.05. The molecule has 4 nitrogen and oxygen atoms in total. The van der Waals surface area contributed by atoms with E-state index in [2.05, 4.69) is 31.4 Å². The van der Waals surface area contributed by atoms with Gasteiger partial charge in [0.15, 0.2) is 5.82 Å². The molecule has 0 amide bonds. The Kier molecular flexibility index (Phi) is 3.32. The van der Waals surface area contributed by atoms with Crippen molar-refractivity contribution in [1.82, 2.24) is 15.5 Å². The molecule has 0 aliphatic heterocycles. The van der Waals surface area contributed by atoms with Crippen LogP contribution >= 0.6 is 15.9 Å². The molecule has 2 aromatic rings. The summed E-state index contributed by atoms with van der Waals surface area (Å²) in [5.41, 5.74) is -0.298. The van der Waals surface area contributed by atoms with Gasteiger partial charge >= 0.3 is 0 Å². The van der Waals surface area contributed by atoms with Crippen LogP contribution in [-0.2, 0) is 6.54 Å². The lowest BCUT2D eigenvalue weighted by Crippen LogP contribution is -2.16. The van der Waals surface area contributed by atoms with E-state index >= 15 is 0 Å². The molecule has 1 N–H and O–H groups in total. The number of benzene rings is 1. The van der Waals surface area contributed by atoms with Crippen LogP contribution < -0.4 is 5.32 Å². The maximum Gasteiger partial charge on any atom is 0.263 e. The zero-order valence-electron chi connectivity index (χ0n) is 9.79. The van der Waals surface area contributed by atoms with E-state index in [1.54, 1.807) is 0 Å². The van der Waals surface area contributed by atoms with Crippen molar-refractivity contribution in [2.24, 2.45) is 0 Å². The van der Waals surface area contributed by atoms with Gasteiger partial charge in [-0.05, 0) is 25.0 Å². The first-order valence-corrected chi connectivity index (χ1v) is 6.63. The zero-order valence-corrected chi connectivity index (χ0v) is 11.4. The summed E-state index contributed by atoms with van der Waals surface area (Å²) in [7, 11) is 0. The summed E-state index contributed by atoms with van der Waals surface area (Å²) in [5.74, 6) is -1.23. The topological polar surface area (TPSA) is 51.0 Å². The maximum atomic E-state index is 13.7. The van der Waals surface area contributed by atoms with Crippen LogP contribution in [0.4, 0.5) is 8.78 Å². The predicted octanol–water partition coefficient (Wildman–Crippen LogP) is 3.03. The average molecular weight is 330 g/mol. The Morgan fingerprint density at radius 1 is 1.32 bits per heavy atom. The highest BCUT2D eigenvalue weighted by Crippen LogP contribution is 2.28. The molecule has 7 heteroatoms. The Balaban J connectivity index is 1.85. The van der Waals surface area contributed by atoms with E-state index in [9.17, 15) is 8.78 Å². The molecular formula is C12H10BrF2N3O. The Bertz CT molecular complexity index is 590. The first kappa shape index (κ1) is 12.7. The second kappa shape index (κ2) is 4.97. The van der Waals surface area contributed by atoms with Crippen molar-refractivity contribution >= 4 is 15.9 Å². The van der Waals surface area contributed by atoms with Gasteiger partial charge in [0.1, 0.15) is 17.2 Å². The highest BCUT2D eigenvalue weighted by molar-refractivity contribution is 9.10. The quantitative estimate of drug-likeness (QED) is 0.936. The lowest BCUT2D eigenvalue weighted by molar-refractivity contribution is 0.414. The van der Waals surface area contributed by atoms with E-state index in [0.717, 1.165) is 25.0 Å². The van der Waals surface area contributed by atoms with Gasteiger partial charge in [0, 0.05) is 10.5 Å². The Morgan fingerprint density at radius 2 is 2.00 bits per heavy atom. The minimum atomic E-state index is -0.739. The molecule has 19 heavy (non-hydrogen) atoms. The third-order valence-electron chi connectivity index (χ3n) is 2.82. The van der Waals surface area contributed by atoms with Crippen LogP contribution in [0.3, 0.4) is 0 Å². The second-order valence-electron chi connectivity index (χ2n) is 4.42. The molecule has 1 fully saturated rings.